The largest absolute Gasteiger partial charge is 0.493 e. The Bertz CT molecular complexity index is 742. The number of benzene rings is 1. The van der Waals surface area contributed by atoms with Gasteiger partial charge in [0.15, 0.2) is 11.5 Å². The molecule has 5 nitrogen and oxygen atoms in total. The second-order valence-electron chi connectivity index (χ2n) is 5.76. The number of morpholine rings is 1. The van der Waals surface area contributed by atoms with E-state index in [1.54, 1.807) is 32.5 Å². The molecule has 3 rings (SSSR count). The lowest BCUT2D eigenvalue weighted by atomic mass is 10.1. The summed E-state index contributed by atoms with van der Waals surface area (Å²) >= 11 is 12.1. The molecule has 2 heterocycles. The number of methoxy groups -OCH3 is 2. The van der Waals surface area contributed by atoms with Crippen LogP contribution in [0, 0.1) is 0 Å². The van der Waals surface area contributed by atoms with Crippen molar-refractivity contribution in [1.82, 2.24) is 9.88 Å². The van der Waals surface area contributed by atoms with Crippen LogP contribution in [0.3, 0.4) is 0 Å². The first-order chi connectivity index (χ1) is 12.1. The van der Waals surface area contributed by atoms with Crippen LogP contribution in [-0.4, -0.2) is 43.8 Å². The molecule has 25 heavy (non-hydrogen) atoms. The Morgan fingerprint density at radius 2 is 2.04 bits per heavy atom. The highest BCUT2D eigenvalue weighted by Gasteiger charge is 2.24. The van der Waals surface area contributed by atoms with Crippen LogP contribution in [0.15, 0.2) is 30.5 Å². The minimum Gasteiger partial charge on any atom is -0.493 e. The van der Waals surface area contributed by atoms with Gasteiger partial charge in [-0.3, -0.25) is 9.88 Å². The lowest BCUT2D eigenvalue weighted by Crippen LogP contribution is -2.38. The molecule has 1 saturated heterocycles. The molecule has 1 aliphatic heterocycles. The van der Waals surface area contributed by atoms with Crippen LogP contribution in [0.5, 0.6) is 11.5 Å². The van der Waals surface area contributed by atoms with Crippen LogP contribution in [0.25, 0.3) is 0 Å². The number of hydrogen-bond acceptors (Lipinski definition) is 5. The summed E-state index contributed by atoms with van der Waals surface area (Å²) in [6, 6.07) is 7.41. The number of aromatic nitrogens is 1. The monoisotopic (exact) mass is 382 g/mol. The normalized spacial score (nSPS) is 18.2. The summed E-state index contributed by atoms with van der Waals surface area (Å²) in [5.41, 5.74) is 1.86. The molecule has 0 bridgehead atoms. The van der Waals surface area contributed by atoms with Gasteiger partial charge in [0, 0.05) is 31.9 Å². The highest BCUT2D eigenvalue weighted by molar-refractivity contribution is 6.42. The minimum absolute atomic E-state index is 0.0554. The number of hydrogen-bond donors (Lipinski definition) is 0. The van der Waals surface area contributed by atoms with Gasteiger partial charge in [-0.05, 0) is 17.7 Å². The molecule has 0 aliphatic carbocycles. The molecular formula is C18H20Cl2N2O3. The molecule has 134 valence electrons. The maximum atomic E-state index is 6.13. The van der Waals surface area contributed by atoms with E-state index in [0.29, 0.717) is 34.7 Å². The van der Waals surface area contributed by atoms with E-state index in [0.717, 1.165) is 24.3 Å². The van der Waals surface area contributed by atoms with Gasteiger partial charge >= 0.3 is 0 Å². The van der Waals surface area contributed by atoms with E-state index in [4.69, 9.17) is 37.4 Å². The second-order valence-corrected chi connectivity index (χ2v) is 6.58. The smallest absolute Gasteiger partial charge is 0.183 e. The zero-order chi connectivity index (χ0) is 17.8. The molecule has 1 atom stereocenters. The third kappa shape index (κ3) is 4.18. The third-order valence-electron chi connectivity index (χ3n) is 4.21. The van der Waals surface area contributed by atoms with Gasteiger partial charge in [0.25, 0.3) is 0 Å². The number of ether oxygens (including phenoxy) is 3. The summed E-state index contributed by atoms with van der Waals surface area (Å²) in [5.74, 6) is 1.35. The Labute approximate surface area is 157 Å². The molecule has 2 aromatic rings. The van der Waals surface area contributed by atoms with E-state index in [1.807, 2.05) is 12.1 Å². The first kappa shape index (κ1) is 18.3. The molecule has 0 amide bonds. The summed E-state index contributed by atoms with van der Waals surface area (Å²) < 4.78 is 16.7. The van der Waals surface area contributed by atoms with Gasteiger partial charge in [0.05, 0.1) is 37.0 Å². The third-order valence-corrected chi connectivity index (χ3v) is 4.94. The molecule has 0 unspecified atom stereocenters. The summed E-state index contributed by atoms with van der Waals surface area (Å²) in [5, 5.41) is 1.08. The van der Waals surface area contributed by atoms with Gasteiger partial charge in [-0.15, -0.1) is 0 Å². The van der Waals surface area contributed by atoms with Gasteiger partial charge in [-0.1, -0.05) is 29.3 Å². The van der Waals surface area contributed by atoms with E-state index in [2.05, 4.69) is 9.88 Å². The fourth-order valence-corrected chi connectivity index (χ4v) is 3.24. The lowest BCUT2D eigenvalue weighted by molar-refractivity contribution is -0.0334. The molecule has 0 spiro atoms. The first-order valence-electron chi connectivity index (χ1n) is 7.97. The Balaban J connectivity index is 1.75. The Kier molecular flexibility index (Phi) is 6.02. The van der Waals surface area contributed by atoms with Crippen LogP contribution >= 0.6 is 23.2 Å². The quantitative estimate of drug-likeness (QED) is 0.782. The summed E-state index contributed by atoms with van der Waals surface area (Å²) in [7, 11) is 3.25. The van der Waals surface area contributed by atoms with Crippen molar-refractivity contribution in [3.8, 4) is 11.5 Å². The Morgan fingerprint density at radius 1 is 1.20 bits per heavy atom. The minimum atomic E-state index is -0.0554. The summed E-state index contributed by atoms with van der Waals surface area (Å²) in [6.07, 6.45) is 1.67. The number of nitrogens with zero attached hydrogens (tertiary/aromatic N) is 2. The standard InChI is InChI=1S/C18H20Cl2N2O3/c1-23-16-5-6-21-15(18(16)24-2)10-22-7-8-25-17(11-22)12-3-4-13(19)14(20)9-12/h3-6,9,17H,7-8,10-11H2,1-2H3/t17-/m0/s1. The van der Waals surface area contributed by atoms with Crippen molar-refractivity contribution < 1.29 is 14.2 Å². The lowest BCUT2D eigenvalue weighted by Gasteiger charge is -2.33. The Morgan fingerprint density at radius 3 is 2.76 bits per heavy atom. The van der Waals surface area contributed by atoms with Crippen LogP contribution in [-0.2, 0) is 11.3 Å². The van der Waals surface area contributed by atoms with Crippen molar-refractivity contribution in [2.24, 2.45) is 0 Å². The van der Waals surface area contributed by atoms with E-state index < -0.39 is 0 Å². The van der Waals surface area contributed by atoms with Gasteiger partial charge in [0.2, 0.25) is 0 Å². The van der Waals surface area contributed by atoms with Crippen LogP contribution < -0.4 is 9.47 Å². The fraction of sp³-hybridized carbons (Fsp3) is 0.389. The van der Waals surface area contributed by atoms with Gasteiger partial charge in [-0.2, -0.15) is 0 Å². The zero-order valence-corrected chi connectivity index (χ0v) is 15.7. The van der Waals surface area contributed by atoms with Gasteiger partial charge < -0.3 is 14.2 Å². The predicted molar refractivity (Wildman–Crippen MR) is 97.8 cm³/mol. The van der Waals surface area contributed by atoms with Crippen molar-refractivity contribution in [2.75, 3.05) is 33.9 Å². The summed E-state index contributed by atoms with van der Waals surface area (Å²) in [6.45, 7) is 2.85. The zero-order valence-electron chi connectivity index (χ0n) is 14.2. The molecule has 0 saturated carbocycles. The number of halogens is 2. The average molecular weight is 383 g/mol. The summed E-state index contributed by atoms with van der Waals surface area (Å²) in [4.78, 5) is 6.73. The fourth-order valence-electron chi connectivity index (χ4n) is 2.94. The van der Waals surface area contributed by atoms with E-state index in [-0.39, 0.29) is 6.10 Å². The first-order valence-corrected chi connectivity index (χ1v) is 8.72. The molecular weight excluding hydrogens is 363 g/mol. The van der Waals surface area contributed by atoms with Gasteiger partial charge in [0.1, 0.15) is 5.69 Å². The average Bonchev–Trinajstić information content (AvgIpc) is 2.64. The topological polar surface area (TPSA) is 43.8 Å². The molecule has 0 N–H and O–H groups in total. The van der Waals surface area contributed by atoms with Crippen molar-refractivity contribution in [3.63, 3.8) is 0 Å². The predicted octanol–water partition coefficient (Wildman–Crippen LogP) is 3.98. The van der Waals surface area contributed by atoms with Crippen LogP contribution in [0.4, 0.5) is 0 Å². The van der Waals surface area contributed by atoms with Crippen molar-refractivity contribution in [1.29, 1.82) is 0 Å². The Hall–Kier alpha value is -1.53. The SMILES string of the molecule is COc1ccnc(CN2CCO[C@H](c3ccc(Cl)c(Cl)c3)C2)c1OC. The second kappa shape index (κ2) is 8.23. The van der Waals surface area contributed by atoms with Crippen molar-refractivity contribution >= 4 is 23.2 Å². The number of rotatable bonds is 5. The van der Waals surface area contributed by atoms with E-state index in [1.165, 1.54) is 0 Å². The maximum absolute atomic E-state index is 6.13. The van der Waals surface area contributed by atoms with Crippen LogP contribution in [0.1, 0.15) is 17.4 Å². The van der Waals surface area contributed by atoms with Crippen molar-refractivity contribution in [2.45, 2.75) is 12.6 Å². The molecule has 1 aromatic heterocycles. The highest BCUT2D eigenvalue weighted by atomic mass is 35.5. The molecule has 1 aromatic carbocycles. The highest BCUT2D eigenvalue weighted by Crippen LogP contribution is 2.32. The van der Waals surface area contributed by atoms with E-state index >= 15 is 0 Å². The molecule has 1 aliphatic rings. The van der Waals surface area contributed by atoms with Gasteiger partial charge in [-0.25, -0.2) is 0 Å². The number of pyridine rings is 1. The van der Waals surface area contributed by atoms with Crippen LogP contribution in [0.2, 0.25) is 10.0 Å². The molecule has 1 fully saturated rings. The van der Waals surface area contributed by atoms with Crippen molar-refractivity contribution in [3.05, 3.63) is 51.8 Å². The van der Waals surface area contributed by atoms with E-state index in [9.17, 15) is 0 Å². The molecule has 7 heteroatoms. The maximum Gasteiger partial charge on any atom is 0.183 e. The molecule has 0 radical (unpaired) electrons.